The van der Waals surface area contributed by atoms with Gasteiger partial charge in [-0.05, 0) is 51.5 Å². The average molecular weight is 232 g/mol. The van der Waals surface area contributed by atoms with Crippen LogP contribution >= 0.6 is 0 Å². The molecule has 0 saturated carbocycles. The summed E-state index contributed by atoms with van der Waals surface area (Å²) in [4.78, 5) is 2.61. The lowest BCUT2D eigenvalue weighted by atomic mass is 9.92. The van der Waals surface area contributed by atoms with Gasteiger partial charge in [-0.2, -0.15) is 0 Å². The molecule has 2 atom stereocenters. The molecule has 1 aromatic rings. The van der Waals surface area contributed by atoms with Gasteiger partial charge in [0.2, 0.25) is 0 Å². The summed E-state index contributed by atoms with van der Waals surface area (Å²) in [6.45, 7) is 7.96. The quantitative estimate of drug-likeness (QED) is 0.858. The molecule has 0 spiro atoms. The SMILES string of the molecule is CCN1CCC(CNC)C1c1cccc(C)c1. The highest BCUT2D eigenvalue weighted by Gasteiger charge is 2.33. The predicted molar refractivity (Wildman–Crippen MR) is 73.2 cm³/mol. The zero-order valence-corrected chi connectivity index (χ0v) is 11.2. The largest absolute Gasteiger partial charge is 0.319 e. The van der Waals surface area contributed by atoms with Crippen molar-refractivity contribution in [2.75, 3.05) is 26.7 Å². The first kappa shape index (κ1) is 12.6. The van der Waals surface area contributed by atoms with Gasteiger partial charge >= 0.3 is 0 Å². The third-order valence-corrected chi connectivity index (χ3v) is 3.88. The Kier molecular flexibility index (Phi) is 4.19. The number of hydrogen-bond acceptors (Lipinski definition) is 2. The molecule has 1 heterocycles. The van der Waals surface area contributed by atoms with Gasteiger partial charge in [-0.3, -0.25) is 4.90 Å². The van der Waals surface area contributed by atoms with E-state index in [0.717, 1.165) is 19.0 Å². The van der Waals surface area contributed by atoms with Gasteiger partial charge < -0.3 is 5.32 Å². The number of benzene rings is 1. The topological polar surface area (TPSA) is 15.3 Å². The van der Waals surface area contributed by atoms with Gasteiger partial charge in [-0.15, -0.1) is 0 Å². The van der Waals surface area contributed by atoms with Gasteiger partial charge in [0, 0.05) is 6.04 Å². The lowest BCUT2D eigenvalue weighted by Crippen LogP contribution is -2.29. The molecule has 1 aliphatic heterocycles. The van der Waals surface area contributed by atoms with Crippen molar-refractivity contribution >= 4 is 0 Å². The van der Waals surface area contributed by atoms with Crippen LogP contribution in [-0.4, -0.2) is 31.6 Å². The van der Waals surface area contributed by atoms with Crippen LogP contribution in [0.5, 0.6) is 0 Å². The molecule has 94 valence electrons. The fraction of sp³-hybridized carbons (Fsp3) is 0.600. The summed E-state index contributed by atoms with van der Waals surface area (Å²) in [5.74, 6) is 0.752. The molecule has 2 heteroatoms. The Morgan fingerprint density at radius 2 is 2.24 bits per heavy atom. The van der Waals surface area contributed by atoms with Crippen molar-refractivity contribution < 1.29 is 0 Å². The molecule has 1 fully saturated rings. The lowest BCUT2D eigenvalue weighted by Gasteiger charge is -2.28. The Morgan fingerprint density at radius 1 is 1.41 bits per heavy atom. The minimum Gasteiger partial charge on any atom is -0.319 e. The van der Waals surface area contributed by atoms with Crippen LogP contribution in [0.3, 0.4) is 0 Å². The number of rotatable bonds is 4. The highest BCUT2D eigenvalue weighted by Crippen LogP contribution is 2.36. The molecule has 2 nitrogen and oxygen atoms in total. The van der Waals surface area contributed by atoms with Gasteiger partial charge in [0.1, 0.15) is 0 Å². The third-order valence-electron chi connectivity index (χ3n) is 3.88. The second kappa shape index (κ2) is 5.65. The number of likely N-dealkylation sites (tertiary alicyclic amines) is 1. The van der Waals surface area contributed by atoms with Crippen molar-refractivity contribution in [3.63, 3.8) is 0 Å². The van der Waals surface area contributed by atoms with Gasteiger partial charge in [0.15, 0.2) is 0 Å². The van der Waals surface area contributed by atoms with E-state index >= 15 is 0 Å². The zero-order chi connectivity index (χ0) is 12.3. The van der Waals surface area contributed by atoms with Gasteiger partial charge in [0.25, 0.3) is 0 Å². The zero-order valence-electron chi connectivity index (χ0n) is 11.2. The van der Waals surface area contributed by atoms with Gasteiger partial charge in [-0.1, -0.05) is 36.8 Å². The monoisotopic (exact) mass is 232 g/mol. The second-order valence-corrected chi connectivity index (χ2v) is 5.09. The van der Waals surface area contributed by atoms with E-state index in [0.29, 0.717) is 6.04 Å². The Hall–Kier alpha value is -0.860. The van der Waals surface area contributed by atoms with Crippen LogP contribution in [0.15, 0.2) is 24.3 Å². The molecular weight excluding hydrogens is 208 g/mol. The summed E-state index contributed by atoms with van der Waals surface area (Å²) in [6, 6.07) is 9.61. The molecule has 1 aliphatic rings. The fourth-order valence-corrected chi connectivity index (χ4v) is 3.09. The van der Waals surface area contributed by atoms with Crippen molar-refractivity contribution in [3.05, 3.63) is 35.4 Å². The van der Waals surface area contributed by atoms with Crippen molar-refractivity contribution in [3.8, 4) is 0 Å². The van der Waals surface area contributed by atoms with Gasteiger partial charge in [0.05, 0.1) is 0 Å². The molecule has 0 bridgehead atoms. The molecule has 0 radical (unpaired) electrons. The normalized spacial score (nSPS) is 25.4. The maximum Gasteiger partial charge on any atom is 0.0388 e. The first-order chi connectivity index (χ1) is 8.26. The summed E-state index contributed by atoms with van der Waals surface area (Å²) in [5, 5.41) is 3.34. The van der Waals surface area contributed by atoms with Crippen LogP contribution in [0.4, 0.5) is 0 Å². The number of nitrogens with zero attached hydrogens (tertiary/aromatic N) is 1. The van der Waals surface area contributed by atoms with Crippen LogP contribution in [0.25, 0.3) is 0 Å². The number of aryl methyl sites for hydroxylation is 1. The van der Waals surface area contributed by atoms with Crippen molar-refractivity contribution in [2.45, 2.75) is 26.3 Å². The molecule has 0 aromatic heterocycles. The van der Waals surface area contributed by atoms with Crippen LogP contribution < -0.4 is 5.32 Å². The van der Waals surface area contributed by atoms with E-state index in [-0.39, 0.29) is 0 Å². The Labute approximate surface area is 105 Å². The van der Waals surface area contributed by atoms with E-state index in [9.17, 15) is 0 Å². The van der Waals surface area contributed by atoms with Crippen molar-refractivity contribution in [1.82, 2.24) is 10.2 Å². The Morgan fingerprint density at radius 3 is 2.88 bits per heavy atom. The molecule has 0 aliphatic carbocycles. The summed E-state index contributed by atoms with van der Waals surface area (Å²) in [5.41, 5.74) is 2.86. The second-order valence-electron chi connectivity index (χ2n) is 5.09. The van der Waals surface area contributed by atoms with Crippen LogP contribution in [-0.2, 0) is 0 Å². The van der Waals surface area contributed by atoms with E-state index < -0.39 is 0 Å². The molecule has 1 aromatic carbocycles. The molecule has 2 unspecified atom stereocenters. The van der Waals surface area contributed by atoms with Crippen molar-refractivity contribution in [1.29, 1.82) is 0 Å². The third kappa shape index (κ3) is 2.70. The van der Waals surface area contributed by atoms with Crippen LogP contribution in [0.1, 0.15) is 30.5 Å². The maximum absolute atomic E-state index is 3.34. The smallest absolute Gasteiger partial charge is 0.0388 e. The van der Waals surface area contributed by atoms with E-state index in [1.165, 1.54) is 24.1 Å². The Bertz CT molecular complexity index is 362. The molecule has 1 N–H and O–H groups in total. The van der Waals surface area contributed by atoms with Crippen molar-refractivity contribution in [2.24, 2.45) is 5.92 Å². The minimum absolute atomic E-state index is 0.604. The summed E-state index contributed by atoms with van der Waals surface area (Å²) in [7, 11) is 2.06. The van der Waals surface area contributed by atoms with Crippen LogP contribution in [0.2, 0.25) is 0 Å². The average Bonchev–Trinajstić information content (AvgIpc) is 2.72. The van der Waals surface area contributed by atoms with E-state index in [2.05, 4.69) is 55.4 Å². The van der Waals surface area contributed by atoms with Gasteiger partial charge in [-0.25, -0.2) is 0 Å². The van der Waals surface area contributed by atoms with Crippen LogP contribution in [0, 0.1) is 12.8 Å². The first-order valence-corrected chi connectivity index (χ1v) is 6.71. The van der Waals surface area contributed by atoms with E-state index in [4.69, 9.17) is 0 Å². The highest BCUT2D eigenvalue weighted by molar-refractivity contribution is 5.26. The van der Waals surface area contributed by atoms with E-state index in [1.54, 1.807) is 0 Å². The number of nitrogens with one attached hydrogen (secondary N) is 1. The summed E-state index contributed by atoms with van der Waals surface area (Å²) >= 11 is 0. The predicted octanol–water partition coefficient (Wildman–Crippen LogP) is 2.60. The summed E-state index contributed by atoms with van der Waals surface area (Å²) in [6.07, 6.45) is 1.31. The first-order valence-electron chi connectivity index (χ1n) is 6.71. The number of hydrogen-bond donors (Lipinski definition) is 1. The standard InChI is InChI=1S/C15H24N2/c1-4-17-9-8-14(11-16-3)15(17)13-7-5-6-12(2)10-13/h5-7,10,14-16H,4,8-9,11H2,1-3H3. The molecule has 0 amide bonds. The molecule has 17 heavy (non-hydrogen) atoms. The fourth-order valence-electron chi connectivity index (χ4n) is 3.09. The highest BCUT2D eigenvalue weighted by atomic mass is 15.2. The summed E-state index contributed by atoms with van der Waals surface area (Å²) < 4.78 is 0. The molecule has 1 saturated heterocycles. The Balaban J connectivity index is 2.24. The maximum atomic E-state index is 3.34. The minimum atomic E-state index is 0.604. The van der Waals surface area contributed by atoms with E-state index in [1.807, 2.05) is 0 Å². The molecular formula is C15H24N2. The lowest BCUT2D eigenvalue weighted by molar-refractivity contribution is 0.238. The molecule has 2 rings (SSSR count).